The first kappa shape index (κ1) is 14.5. The van der Waals surface area contributed by atoms with E-state index in [0.717, 1.165) is 11.3 Å². The average molecular weight is 295 g/mol. The van der Waals surface area contributed by atoms with E-state index in [1.807, 2.05) is 17.5 Å². The first-order chi connectivity index (χ1) is 9.69. The van der Waals surface area contributed by atoms with Crippen molar-refractivity contribution in [3.05, 3.63) is 22.4 Å². The van der Waals surface area contributed by atoms with Crippen molar-refractivity contribution in [2.45, 2.75) is 6.42 Å². The van der Waals surface area contributed by atoms with Gasteiger partial charge in [-0.05, 0) is 11.4 Å². The zero-order valence-electron chi connectivity index (χ0n) is 11.1. The minimum atomic E-state index is -0.146. The first-order valence-corrected chi connectivity index (χ1v) is 7.33. The minimum Gasteiger partial charge on any atom is -0.347 e. The van der Waals surface area contributed by atoms with E-state index in [1.54, 1.807) is 9.80 Å². The van der Waals surface area contributed by atoms with Crippen molar-refractivity contribution in [2.24, 2.45) is 0 Å². The van der Waals surface area contributed by atoms with Crippen LogP contribution < -0.4 is 5.32 Å². The van der Waals surface area contributed by atoms with E-state index >= 15 is 0 Å². The zero-order valence-corrected chi connectivity index (χ0v) is 11.9. The second-order valence-electron chi connectivity index (χ2n) is 4.56. The van der Waals surface area contributed by atoms with Gasteiger partial charge in [0.25, 0.3) is 0 Å². The lowest BCUT2D eigenvalue weighted by Crippen LogP contribution is -2.50. The van der Waals surface area contributed by atoms with Gasteiger partial charge in [-0.2, -0.15) is 0 Å². The molecule has 0 unspecified atom stereocenters. The maximum absolute atomic E-state index is 11.9. The lowest BCUT2D eigenvalue weighted by molar-refractivity contribution is -0.135. The molecule has 0 aromatic carbocycles. The summed E-state index contributed by atoms with van der Waals surface area (Å²) >= 11 is 1.52. The van der Waals surface area contributed by atoms with Crippen molar-refractivity contribution in [1.82, 2.24) is 15.1 Å². The molecule has 1 aliphatic heterocycles. The third kappa shape index (κ3) is 4.06. The molecule has 1 aromatic heterocycles. The molecule has 1 aromatic rings. The van der Waals surface area contributed by atoms with E-state index in [1.165, 1.54) is 11.3 Å². The van der Waals surface area contributed by atoms with Crippen LogP contribution in [0.2, 0.25) is 0 Å². The Labute approximate surface area is 121 Å². The lowest BCUT2D eigenvalue weighted by Gasteiger charge is -2.32. The molecule has 2 heterocycles. The van der Waals surface area contributed by atoms with Gasteiger partial charge in [-0.25, -0.2) is 0 Å². The zero-order chi connectivity index (χ0) is 14.4. The Kier molecular flexibility index (Phi) is 5.11. The van der Waals surface area contributed by atoms with Gasteiger partial charge in [-0.1, -0.05) is 6.07 Å². The standard InChI is InChI=1S/C13H17N3O3S/c17-10-15-3-5-16(6-4-15)13(19)9-14-12(18)8-11-2-1-7-20-11/h1-2,7,10H,3-6,8-9H2,(H,14,18). The molecular weight excluding hydrogens is 278 g/mol. The maximum Gasteiger partial charge on any atom is 0.242 e. The molecule has 2 rings (SSSR count). The summed E-state index contributed by atoms with van der Waals surface area (Å²) in [5, 5.41) is 4.55. The van der Waals surface area contributed by atoms with Gasteiger partial charge in [0.15, 0.2) is 0 Å². The average Bonchev–Trinajstić information content (AvgIpc) is 2.97. The number of nitrogens with one attached hydrogen (secondary N) is 1. The predicted octanol–water partition coefficient (Wildman–Crippen LogP) is -0.293. The van der Waals surface area contributed by atoms with E-state index in [9.17, 15) is 14.4 Å². The smallest absolute Gasteiger partial charge is 0.242 e. The molecule has 108 valence electrons. The van der Waals surface area contributed by atoms with E-state index < -0.39 is 0 Å². The van der Waals surface area contributed by atoms with Crippen LogP contribution in [0.25, 0.3) is 0 Å². The van der Waals surface area contributed by atoms with Crippen LogP contribution in [0.5, 0.6) is 0 Å². The van der Waals surface area contributed by atoms with Gasteiger partial charge in [0.05, 0.1) is 13.0 Å². The number of nitrogens with zero attached hydrogens (tertiary/aromatic N) is 2. The molecule has 1 fully saturated rings. The van der Waals surface area contributed by atoms with Crippen molar-refractivity contribution in [3.63, 3.8) is 0 Å². The summed E-state index contributed by atoms with van der Waals surface area (Å²) in [6.07, 6.45) is 1.11. The fraction of sp³-hybridized carbons (Fsp3) is 0.462. The summed E-state index contributed by atoms with van der Waals surface area (Å²) in [6, 6.07) is 3.79. The number of amides is 3. The molecule has 20 heavy (non-hydrogen) atoms. The summed E-state index contributed by atoms with van der Waals surface area (Å²) in [6.45, 7) is 2.18. The van der Waals surface area contributed by atoms with Crippen LogP contribution in [0.4, 0.5) is 0 Å². The highest BCUT2D eigenvalue weighted by molar-refractivity contribution is 7.10. The number of hydrogen-bond donors (Lipinski definition) is 1. The third-order valence-electron chi connectivity index (χ3n) is 3.17. The Bertz CT molecular complexity index is 467. The molecule has 0 atom stereocenters. The van der Waals surface area contributed by atoms with Crippen LogP contribution in [0.1, 0.15) is 4.88 Å². The number of carbonyl (C=O) groups excluding carboxylic acids is 3. The van der Waals surface area contributed by atoms with Gasteiger partial charge >= 0.3 is 0 Å². The van der Waals surface area contributed by atoms with Crippen molar-refractivity contribution >= 4 is 29.6 Å². The number of carbonyl (C=O) groups is 3. The monoisotopic (exact) mass is 295 g/mol. The topological polar surface area (TPSA) is 69.7 Å². The van der Waals surface area contributed by atoms with Gasteiger partial charge < -0.3 is 15.1 Å². The summed E-state index contributed by atoms with van der Waals surface area (Å²) in [5.41, 5.74) is 0. The molecule has 7 heteroatoms. The number of piperazine rings is 1. The van der Waals surface area contributed by atoms with Crippen molar-refractivity contribution in [3.8, 4) is 0 Å². The third-order valence-corrected chi connectivity index (χ3v) is 4.04. The normalized spacial score (nSPS) is 15.0. The van der Waals surface area contributed by atoms with Crippen molar-refractivity contribution < 1.29 is 14.4 Å². The van der Waals surface area contributed by atoms with Crippen molar-refractivity contribution in [2.75, 3.05) is 32.7 Å². The highest BCUT2D eigenvalue weighted by Gasteiger charge is 2.20. The van der Waals surface area contributed by atoms with Gasteiger partial charge in [0.1, 0.15) is 0 Å². The predicted molar refractivity (Wildman–Crippen MR) is 75.2 cm³/mol. The molecule has 0 aliphatic carbocycles. The fourth-order valence-electron chi connectivity index (χ4n) is 2.00. The van der Waals surface area contributed by atoms with Crippen LogP contribution in [-0.2, 0) is 20.8 Å². The highest BCUT2D eigenvalue weighted by Crippen LogP contribution is 2.08. The number of rotatable bonds is 5. The van der Waals surface area contributed by atoms with Crippen LogP contribution in [0.3, 0.4) is 0 Å². The van der Waals surface area contributed by atoms with Gasteiger partial charge in [0.2, 0.25) is 18.2 Å². The molecule has 1 saturated heterocycles. The molecule has 1 aliphatic rings. The lowest BCUT2D eigenvalue weighted by atomic mass is 10.3. The Balaban J connectivity index is 1.69. The molecule has 6 nitrogen and oxygen atoms in total. The fourth-order valence-corrected chi connectivity index (χ4v) is 2.70. The molecule has 0 saturated carbocycles. The molecule has 1 N–H and O–H groups in total. The summed E-state index contributed by atoms with van der Waals surface area (Å²) in [5.74, 6) is -0.248. The van der Waals surface area contributed by atoms with E-state index in [-0.39, 0.29) is 18.4 Å². The Morgan fingerprint density at radius 2 is 2.05 bits per heavy atom. The second kappa shape index (κ2) is 7.04. The quantitative estimate of drug-likeness (QED) is 0.759. The largest absolute Gasteiger partial charge is 0.347 e. The first-order valence-electron chi connectivity index (χ1n) is 6.45. The van der Waals surface area contributed by atoms with Crippen LogP contribution in [0, 0.1) is 0 Å². The number of hydrogen-bond acceptors (Lipinski definition) is 4. The van der Waals surface area contributed by atoms with E-state index in [0.29, 0.717) is 32.6 Å². The van der Waals surface area contributed by atoms with E-state index in [2.05, 4.69) is 5.32 Å². The molecule has 0 spiro atoms. The second-order valence-corrected chi connectivity index (χ2v) is 5.59. The van der Waals surface area contributed by atoms with Crippen LogP contribution >= 0.6 is 11.3 Å². The number of thiophene rings is 1. The van der Waals surface area contributed by atoms with Gasteiger partial charge in [-0.15, -0.1) is 11.3 Å². The summed E-state index contributed by atoms with van der Waals surface area (Å²) in [4.78, 5) is 38.4. The maximum atomic E-state index is 11.9. The Hall–Kier alpha value is -1.89. The molecular formula is C13H17N3O3S. The molecule has 0 radical (unpaired) electrons. The highest BCUT2D eigenvalue weighted by atomic mass is 32.1. The summed E-state index contributed by atoms with van der Waals surface area (Å²) < 4.78 is 0. The van der Waals surface area contributed by atoms with E-state index in [4.69, 9.17) is 0 Å². The SMILES string of the molecule is O=CN1CCN(C(=O)CNC(=O)Cc2cccs2)CC1. The van der Waals surface area contributed by atoms with Gasteiger partial charge in [-0.3, -0.25) is 14.4 Å². The summed E-state index contributed by atoms with van der Waals surface area (Å²) in [7, 11) is 0. The minimum absolute atomic E-state index is 0.0191. The Morgan fingerprint density at radius 1 is 1.30 bits per heavy atom. The molecule has 3 amide bonds. The van der Waals surface area contributed by atoms with Crippen LogP contribution in [-0.4, -0.2) is 60.7 Å². The Morgan fingerprint density at radius 3 is 2.65 bits per heavy atom. The van der Waals surface area contributed by atoms with Gasteiger partial charge in [0, 0.05) is 31.1 Å². The van der Waals surface area contributed by atoms with Crippen molar-refractivity contribution in [1.29, 1.82) is 0 Å². The van der Waals surface area contributed by atoms with Crippen LogP contribution in [0.15, 0.2) is 17.5 Å². The molecule has 0 bridgehead atoms.